The summed E-state index contributed by atoms with van der Waals surface area (Å²) in [6.07, 6.45) is 2.34. The zero-order valence-corrected chi connectivity index (χ0v) is 15.3. The van der Waals surface area contributed by atoms with Crippen LogP contribution < -0.4 is 10.9 Å². The summed E-state index contributed by atoms with van der Waals surface area (Å²) in [4.78, 5) is 24.3. The highest BCUT2D eigenvalue weighted by Crippen LogP contribution is 2.32. The van der Waals surface area contributed by atoms with Gasteiger partial charge in [-0.3, -0.25) is 4.79 Å². The summed E-state index contributed by atoms with van der Waals surface area (Å²) in [6.45, 7) is 9.62. The molecule has 25 heavy (non-hydrogen) atoms. The SMILES string of the molecule is Cc1coc2c(C)c3oc(=O)c(CCC(=O)NC(C)C)c(C)c3cc12. The molecule has 2 heterocycles. The van der Waals surface area contributed by atoms with Crippen LogP contribution >= 0.6 is 0 Å². The van der Waals surface area contributed by atoms with Crippen molar-refractivity contribution < 1.29 is 13.6 Å². The molecule has 0 fully saturated rings. The highest BCUT2D eigenvalue weighted by molar-refractivity contribution is 5.99. The molecule has 0 radical (unpaired) electrons. The lowest BCUT2D eigenvalue weighted by Crippen LogP contribution is -2.30. The van der Waals surface area contributed by atoms with Gasteiger partial charge in [0.15, 0.2) is 0 Å². The Balaban J connectivity index is 2.09. The molecule has 1 amide bonds. The van der Waals surface area contributed by atoms with Gasteiger partial charge in [-0.15, -0.1) is 0 Å². The number of carbonyl (C=O) groups excluding carboxylic acids is 1. The summed E-state index contributed by atoms with van der Waals surface area (Å²) in [7, 11) is 0. The summed E-state index contributed by atoms with van der Waals surface area (Å²) in [6, 6.07) is 2.09. The first-order valence-electron chi connectivity index (χ1n) is 8.52. The lowest BCUT2D eigenvalue weighted by atomic mass is 9.98. The maximum Gasteiger partial charge on any atom is 0.339 e. The summed E-state index contributed by atoms with van der Waals surface area (Å²) >= 11 is 0. The molecule has 3 aromatic rings. The van der Waals surface area contributed by atoms with Gasteiger partial charge in [0.05, 0.1) is 6.26 Å². The number of rotatable bonds is 4. The largest absolute Gasteiger partial charge is 0.464 e. The molecule has 5 heteroatoms. The van der Waals surface area contributed by atoms with Crippen molar-refractivity contribution in [1.82, 2.24) is 5.32 Å². The minimum atomic E-state index is -0.381. The van der Waals surface area contributed by atoms with Gasteiger partial charge in [0.1, 0.15) is 11.2 Å². The summed E-state index contributed by atoms with van der Waals surface area (Å²) in [5.74, 6) is -0.0637. The van der Waals surface area contributed by atoms with E-state index in [0.29, 0.717) is 17.6 Å². The Morgan fingerprint density at radius 1 is 1.12 bits per heavy atom. The molecular weight excluding hydrogens is 318 g/mol. The molecule has 0 saturated carbocycles. The van der Waals surface area contributed by atoms with E-state index in [0.717, 1.165) is 33.0 Å². The Hall–Kier alpha value is -2.56. The van der Waals surface area contributed by atoms with Gasteiger partial charge in [0, 0.05) is 34.4 Å². The van der Waals surface area contributed by atoms with Crippen molar-refractivity contribution in [1.29, 1.82) is 0 Å². The Morgan fingerprint density at radius 3 is 2.52 bits per heavy atom. The van der Waals surface area contributed by atoms with Crippen LogP contribution in [0.2, 0.25) is 0 Å². The van der Waals surface area contributed by atoms with Gasteiger partial charge in [-0.1, -0.05) is 0 Å². The molecule has 0 bridgehead atoms. The van der Waals surface area contributed by atoms with Crippen molar-refractivity contribution in [2.24, 2.45) is 0 Å². The summed E-state index contributed by atoms with van der Waals surface area (Å²) in [5, 5.41) is 4.76. The van der Waals surface area contributed by atoms with Crippen LogP contribution in [0.1, 0.15) is 42.5 Å². The van der Waals surface area contributed by atoms with E-state index >= 15 is 0 Å². The predicted octanol–water partition coefficient (Wildman–Crippen LogP) is 3.92. The lowest BCUT2D eigenvalue weighted by molar-refractivity contribution is -0.121. The second-order valence-corrected chi connectivity index (χ2v) is 6.89. The Bertz CT molecular complexity index is 1020. The maximum atomic E-state index is 12.5. The van der Waals surface area contributed by atoms with Crippen LogP contribution in [0.4, 0.5) is 0 Å². The number of amides is 1. The summed E-state index contributed by atoms with van der Waals surface area (Å²) < 4.78 is 11.2. The number of nitrogens with one attached hydrogen (secondary N) is 1. The number of hydrogen-bond donors (Lipinski definition) is 1. The fourth-order valence-corrected chi connectivity index (χ4v) is 3.24. The average Bonchev–Trinajstić information content (AvgIpc) is 2.89. The topological polar surface area (TPSA) is 72.5 Å². The van der Waals surface area contributed by atoms with E-state index < -0.39 is 0 Å². The molecule has 0 aliphatic carbocycles. The van der Waals surface area contributed by atoms with Crippen LogP contribution in [-0.4, -0.2) is 11.9 Å². The maximum absolute atomic E-state index is 12.5. The molecule has 5 nitrogen and oxygen atoms in total. The van der Waals surface area contributed by atoms with E-state index in [4.69, 9.17) is 8.83 Å². The zero-order valence-electron chi connectivity index (χ0n) is 15.3. The molecule has 0 atom stereocenters. The molecular formula is C20H23NO4. The van der Waals surface area contributed by atoms with Gasteiger partial charge in [-0.2, -0.15) is 0 Å². The first-order chi connectivity index (χ1) is 11.8. The molecule has 2 aromatic heterocycles. The van der Waals surface area contributed by atoms with Crippen LogP contribution in [0.25, 0.3) is 21.9 Å². The average molecular weight is 341 g/mol. The van der Waals surface area contributed by atoms with Gasteiger partial charge in [-0.25, -0.2) is 4.79 Å². The van der Waals surface area contributed by atoms with Crippen LogP contribution in [0.5, 0.6) is 0 Å². The van der Waals surface area contributed by atoms with E-state index in [1.165, 1.54) is 0 Å². The molecule has 0 spiro atoms. The van der Waals surface area contributed by atoms with Crippen LogP contribution in [0.3, 0.4) is 0 Å². The first-order valence-corrected chi connectivity index (χ1v) is 8.52. The second-order valence-electron chi connectivity index (χ2n) is 6.89. The molecule has 1 N–H and O–H groups in total. The van der Waals surface area contributed by atoms with E-state index in [9.17, 15) is 9.59 Å². The minimum absolute atomic E-state index is 0.0637. The second kappa shape index (κ2) is 6.39. The number of aryl methyl sites for hydroxylation is 3. The number of fused-ring (bicyclic) bond motifs is 2. The zero-order chi connectivity index (χ0) is 18.3. The van der Waals surface area contributed by atoms with Crippen molar-refractivity contribution >= 4 is 27.8 Å². The molecule has 0 aliphatic heterocycles. The van der Waals surface area contributed by atoms with Gasteiger partial charge < -0.3 is 14.2 Å². The highest BCUT2D eigenvalue weighted by atomic mass is 16.4. The third-order valence-corrected chi connectivity index (χ3v) is 4.59. The first kappa shape index (κ1) is 17.3. The third-order valence-electron chi connectivity index (χ3n) is 4.59. The Morgan fingerprint density at radius 2 is 1.84 bits per heavy atom. The van der Waals surface area contributed by atoms with Crippen LogP contribution in [-0.2, 0) is 11.2 Å². The van der Waals surface area contributed by atoms with Gasteiger partial charge >= 0.3 is 5.63 Å². The number of furan rings is 1. The molecule has 3 rings (SSSR count). The predicted molar refractivity (Wildman–Crippen MR) is 98.1 cm³/mol. The monoisotopic (exact) mass is 341 g/mol. The summed E-state index contributed by atoms with van der Waals surface area (Å²) in [5.41, 5.74) is 4.22. The van der Waals surface area contributed by atoms with Crippen LogP contribution in [0.15, 0.2) is 26.0 Å². The van der Waals surface area contributed by atoms with Crippen molar-refractivity contribution in [3.05, 3.63) is 45.0 Å². The van der Waals surface area contributed by atoms with E-state index in [1.54, 1.807) is 6.26 Å². The van der Waals surface area contributed by atoms with Crippen molar-refractivity contribution in [3.63, 3.8) is 0 Å². The number of carbonyl (C=O) groups is 1. The van der Waals surface area contributed by atoms with Gasteiger partial charge in [0.25, 0.3) is 0 Å². The highest BCUT2D eigenvalue weighted by Gasteiger charge is 2.18. The number of hydrogen-bond acceptors (Lipinski definition) is 4. The van der Waals surface area contributed by atoms with Crippen molar-refractivity contribution in [2.75, 3.05) is 0 Å². The fourth-order valence-electron chi connectivity index (χ4n) is 3.24. The van der Waals surface area contributed by atoms with Crippen LogP contribution in [0, 0.1) is 20.8 Å². The Kier molecular flexibility index (Phi) is 4.41. The van der Waals surface area contributed by atoms with E-state index in [-0.39, 0.29) is 24.0 Å². The Labute approximate surface area is 146 Å². The van der Waals surface area contributed by atoms with E-state index in [2.05, 4.69) is 5.32 Å². The fraction of sp³-hybridized carbons (Fsp3) is 0.400. The van der Waals surface area contributed by atoms with Crippen molar-refractivity contribution in [3.8, 4) is 0 Å². The smallest absolute Gasteiger partial charge is 0.339 e. The third kappa shape index (κ3) is 3.06. The normalized spacial score (nSPS) is 11.6. The standard InChI is InChI=1S/C20H23NO4/c1-10(2)21-17(22)7-6-14-12(4)16-8-15-11(3)9-24-18(15)13(5)19(16)25-20(14)23/h8-10H,6-7H2,1-5H3,(H,21,22). The molecule has 0 unspecified atom stereocenters. The minimum Gasteiger partial charge on any atom is -0.464 e. The number of benzene rings is 1. The quantitative estimate of drug-likeness (QED) is 0.730. The molecule has 132 valence electrons. The lowest BCUT2D eigenvalue weighted by Gasteiger charge is -2.11. The van der Waals surface area contributed by atoms with Gasteiger partial charge in [-0.05, 0) is 58.2 Å². The van der Waals surface area contributed by atoms with E-state index in [1.807, 2.05) is 40.7 Å². The van der Waals surface area contributed by atoms with Gasteiger partial charge in [0.2, 0.25) is 5.91 Å². The molecule has 0 saturated heterocycles. The van der Waals surface area contributed by atoms with Crippen molar-refractivity contribution in [2.45, 2.75) is 53.5 Å². The molecule has 0 aliphatic rings. The molecule has 1 aromatic carbocycles.